The molecular formula is C17H18N2O6. The van der Waals surface area contributed by atoms with E-state index in [9.17, 15) is 14.7 Å². The highest BCUT2D eigenvalue weighted by molar-refractivity contribution is 5.92. The number of furan rings is 1. The summed E-state index contributed by atoms with van der Waals surface area (Å²) in [6, 6.07) is 4.94. The molecular weight excluding hydrogens is 328 g/mol. The first-order valence-electron chi connectivity index (χ1n) is 7.64. The van der Waals surface area contributed by atoms with Crippen LogP contribution < -0.4 is 16.0 Å². The lowest BCUT2D eigenvalue weighted by Gasteiger charge is -2.27. The highest BCUT2D eigenvalue weighted by Gasteiger charge is 2.39. The first kappa shape index (κ1) is 16.8. The van der Waals surface area contributed by atoms with Crippen LogP contribution in [0.5, 0.6) is 5.75 Å². The molecule has 0 radical (unpaired) electrons. The highest BCUT2D eigenvalue weighted by Crippen LogP contribution is 2.41. The Hall–Kier alpha value is -3.00. The number of aromatic nitrogens is 1. The quantitative estimate of drug-likeness (QED) is 0.779. The zero-order chi connectivity index (χ0) is 18.1. The third-order valence-electron chi connectivity index (χ3n) is 4.13. The van der Waals surface area contributed by atoms with Crippen molar-refractivity contribution in [3.05, 3.63) is 63.3 Å². The fraction of sp³-hybridized carbons (Fsp3) is 0.294. The maximum Gasteiger partial charge on any atom is 0.340 e. The number of fused-ring (bicyclic) bond motifs is 1. The molecule has 1 aliphatic rings. The first-order chi connectivity index (χ1) is 12.0. The van der Waals surface area contributed by atoms with E-state index in [-0.39, 0.29) is 41.5 Å². The monoisotopic (exact) mass is 346 g/mol. The highest BCUT2D eigenvalue weighted by atomic mass is 16.5. The summed E-state index contributed by atoms with van der Waals surface area (Å²) in [6.07, 6.45) is 1.44. The Balaban J connectivity index is 2.31. The third kappa shape index (κ3) is 2.70. The van der Waals surface area contributed by atoms with Crippen LogP contribution in [0, 0.1) is 6.92 Å². The summed E-state index contributed by atoms with van der Waals surface area (Å²) in [5.41, 5.74) is 6.36. The van der Waals surface area contributed by atoms with Crippen molar-refractivity contribution in [1.29, 1.82) is 0 Å². The number of pyridine rings is 1. The second-order valence-electron chi connectivity index (χ2n) is 5.56. The summed E-state index contributed by atoms with van der Waals surface area (Å²) >= 11 is 0. The molecule has 2 aromatic rings. The molecule has 3 rings (SSSR count). The molecule has 0 aromatic carbocycles. The van der Waals surface area contributed by atoms with Gasteiger partial charge in [-0.2, -0.15) is 0 Å². The Morgan fingerprint density at radius 2 is 2.24 bits per heavy atom. The van der Waals surface area contributed by atoms with Gasteiger partial charge in [-0.05, 0) is 19.1 Å². The van der Waals surface area contributed by atoms with E-state index in [0.717, 1.165) is 0 Å². The van der Waals surface area contributed by atoms with Gasteiger partial charge >= 0.3 is 5.97 Å². The normalized spacial score (nSPS) is 16.4. The molecule has 1 atom stereocenters. The van der Waals surface area contributed by atoms with Gasteiger partial charge in [-0.15, -0.1) is 0 Å². The lowest BCUT2D eigenvalue weighted by atomic mass is 9.87. The molecule has 0 fully saturated rings. The number of aliphatic hydroxyl groups is 1. The lowest BCUT2D eigenvalue weighted by Crippen LogP contribution is -2.35. The number of methoxy groups -OCH3 is 1. The SMILES string of the molecule is COC(=O)C1=C(N)Oc2cc(C)n(CCO)c(=O)c2C1c1ccco1. The summed E-state index contributed by atoms with van der Waals surface area (Å²) in [5, 5.41) is 9.23. The summed E-state index contributed by atoms with van der Waals surface area (Å²) in [4.78, 5) is 25.3. The van der Waals surface area contributed by atoms with Crippen molar-refractivity contribution < 1.29 is 23.8 Å². The molecule has 8 nitrogen and oxygen atoms in total. The van der Waals surface area contributed by atoms with E-state index in [1.165, 1.54) is 17.9 Å². The number of aliphatic hydroxyl groups excluding tert-OH is 1. The van der Waals surface area contributed by atoms with Crippen LogP contribution in [0.2, 0.25) is 0 Å². The van der Waals surface area contributed by atoms with Crippen LogP contribution in [0.1, 0.15) is 22.9 Å². The van der Waals surface area contributed by atoms with E-state index in [1.807, 2.05) is 0 Å². The van der Waals surface area contributed by atoms with Crippen molar-refractivity contribution in [2.45, 2.75) is 19.4 Å². The summed E-state index contributed by atoms with van der Waals surface area (Å²) in [5.74, 6) is -1.09. The number of carbonyl (C=O) groups excluding carboxylic acids is 1. The number of hydrogen-bond acceptors (Lipinski definition) is 7. The molecule has 1 unspecified atom stereocenters. The molecule has 0 amide bonds. The molecule has 0 spiro atoms. The van der Waals surface area contributed by atoms with Crippen LogP contribution in [0.3, 0.4) is 0 Å². The molecule has 132 valence electrons. The number of carbonyl (C=O) groups is 1. The largest absolute Gasteiger partial charge is 0.468 e. The first-order valence-corrected chi connectivity index (χ1v) is 7.64. The minimum Gasteiger partial charge on any atom is -0.468 e. The predicted molar refractivity (Wildman–Crippen MR) is 86.9 cm³/mol. The number of ether oxygens (including phenoxy) is 2. The number of nitrogens with two attached hydrogens (primary N) is 1. The van der Waals surface area contributed by atoms with E-state index in [2.05, 4.69) is 0 Å². The Morgan fingerprint density at radius 3 is 2.84 bits per heavy atom. The number of nitrogens with zero attached hydrogens (tertiary/aromatic N) is 1. The van der Waals surface area contributed by atoms with E-state index in [0.29, 0.717) is 11.5 Å². The van der Waals surface area contributed by atoms with Gasteiger partial charge in [0.05, 0.1) is 31.5 Å². The average Bonchev–Trinajstić information content (AvgIpc) is 3.11. The van der Waals surface area contributed by atoms with Gasteiger partial charge in [-0.25, -0.2) is 4.79 Å². The van der Waals surface area contributed by atoms with Crippen molar-refractivity contribution in [2.75, 3.05) is 13.7 Å². The zero-order valence-corrected chi connectivity index (χ0v) is 13.8. The fourth-order valence-electron chi connectivity index (χ4n) is 3.01. The molecule has 0 bridgehead atoms. The van der Waals surface area contributed by atoms with Gasteiger partial charge < -0.3 is 29.3 Å². The molecule has 1 aliphatic heterocycles. The van der Waals surface area contributed by atoms with Gasteiger partial charge in [-0.1, -0.05) is 0 Å². The maximum atomic E-state index is 13.0. The van der Waals surface area contributed by atoms with Crippen molar-refractivity contribution in [1.82, 2.24) is 4.57 Å². The topological polar surface area (TPSA) is 117 Å². The van der Waals surface area contributed by atoms with Crippen LogP contribution >= 0.6 is 0 Å². The van der Waals surface area contributed by atoms with Gasteiger partial charge in [0, 0.05) is 18.3 Å². The van der Waals surface area contributed by atoms with Crippen molar-refractivity contribution in [3.8, 4) is 5.75 Å². The Morgan fingerprint density at radius 1 is 1.48 bits per heavy atom. The molecule has 0 aliphatic carbocycles. The number of rotatable bonds is 4. The average molecular weight is 346 g/mol. The van der Waals surface area contributed by atoms with Crippen LogP contribution in [-0.4, -0.2) is 29.4 Å². The molecule has 8 heteroatoms. The van der Waals surface area contributed by atoms with E-state index in [4.69, 9.17) is 19.6 Å². The second kappa shape index (κ2) is 6.48. The molecule has 3 N–H and O–H groups in total. The van der Waals surface area contributed by atoms with E-state index >= 15 is 0 Å². The number of hydrogen-bond donors (Lipinski definition) is 2. The Kier molecular flexibility index (Phi) is 4.37. The van der Waals surface area contributed by atoms with Crippen molar-refractivity contribution in [2.24, 2.45) is 5.73 Å². The molecule has 3 heterocycles. The van der Waals surface area contributed by atoms with Crippen LogP contribution in [-0.2, 0) is 16.1 Å². The third-order valence-corrected chi connectivity index (χ3v) is 4.13. The summed E-state index contributed by atoms with van der Waals surface area (Å²) in [7, 11) is 1.22. The molecule has 25 heavy (non-hydrogen) atoms. The zero-order valence-electron chi connectivity index (χ0n) is 13.8. The number of esters is 1. The van der Waals surface area contributed by atoms with Gasteiger partial charge in [0.1, 0.15) is 17.1 Å². The van der Waals surface area contributed by atoms with Gasteiger partial charge in [0.2, 0.25) is 5.88 Å². The lowest BCUT2D eigenvalue weighted by molar-refractivity contribution is -0.136. The molecule has 2 aromatic heterocycles. The second-order valence-corrected chi connectivity index (χ2v) is 5.56. The van der Waals surface area contributed by atoms with Crippen LogP contribution in [0.15, 0.2) is 45.1 Å². The molecule has 0 saturated carbocycles. The van der Waals surface area contributed by atoms with Gasteiger partial charge in [0.15, 0.2) is 0 Å². The summed E-state index contributed by atoms with van der Waals surface area (Å²) in [6.45, 7) is 1.64. The minimum absolute atomic E-state index is 0.00134. The van der Waals surface area contributed by atoms with Gasteiger partial charge in [0.25, 0.3) is 5.56 Å². The smallest absolute Gasteiger partial charge is 0.340 e. The van der Waals surface area contributed by atoms with Crippen molar-refractivity contribution >= 4 is 5.97 Å². The Bertz CT molecular complexity index is 895. The predicted octanol–water partition coefficient (Wildman–Crippen LogP) is 0.610. The maximum absolute atomic E-state index is 13.0. The standard InChI is InChI=1S/C17H18N2O6/c1-9-8-11-13(16(21)19(9)5-6-20)12(10-4-3-7-24-10)14(15(18)25-11)17(22)23-2/h3-4,7-8,12,20H,5-6,18H2,1-2H3. The Labute approximate surface area is 143 Å². The fourth-order valence-corrected chi connectivity index (χ4v) is 3.01. The van der Waals surface area contributed by atoms with Crippen molar-refractivity contribution in [3.63, 3.8) is 0 Å². The number of aryl methyl sites for hydroxylation is 1. The summed E-state index contributed by atoms with van der Waals surface area (Å²) < 4.78 is 17.2. The minimum atomic E-state index is -0.857. The van der Waals surface area contributed by atoms with Crippen LogP contribution in [0.25, 0.3) is 0 Å². The molecule has 0 saturated heterocycles. The van der Waals surface area contributed by atoms with Gasteiger partial charge in [-0.3, -0.25) is 4.79 Å². The van der Waals surface area contributed by atoms with E-state index in [1.54, 1.807) is 25.1 Å². The van der Waals surface area contributed by atoms with E-state index < -0.39 is 11.9 Å². The van der Waals surface area contributed by atoms with Crippen LogP contribution in [0.4, 0.5) is 0 Å².